The van der Waals surface area contributed by atoms with Gasteiger partial charge in [0.15, 0.2) is 0 Å². The molecule has 5 rings (SSSR count). The molecule has 0 unspecified atom stereocenters. The lowest BCUT2D eigenvalue weighted by Crippen LogP contribution is -2.48. The zero-order valence-electron chi connectivity index (χ0n) is 19.0. The number of fused-ring (bicyclic) bond motifs is 3. The van der Waals surface area contributed by atoms with Crippen LogP contribution in [0.4, 0.5) is 0 Å². The summed E-state index contributed by atoms with van der Waals surface area (Å²) in [6, 6.07) is 14.0. The number of carbonyl (C=O) groups is 1. The van der Waals surface area contributed by atoms with Gasteiger partial charge in [-0.3, -0.25) is 18.9 Å². The Balaban J connectivity index is 1.34. The highest BCUT2D eigenvalue weighted by atomic mass is 16.2. The molecule has 1 amide bonds. The maximum atomic E-state index is 13.2. The SMILES string of the molecule is CCCc1nnc2c(=O)[nH]c3cc(C(=O)N4CCN(Cc5cccc(C)c5)CC4)ccc3n12. The first-order valence-corrected chi connectivity index (χ1v) is 11.5. The minimum absolute atomic E-state index is 0.00871. The van der Waals surface area contributed by atoms with Crippen molar-refractivity contribution in [1.82, 2.24) is 29.4 Å². The van der Waals surface area contributed by atoms with Crippen LogP contribution in [0.25, 0.3) is 16.7 Å². The molecule has 1 fully saturated rings. The fourth-order valence-corrected chi connectivity index (χ4v) is 4.61. The summed E-state index contributed by atoms with van der Waals surface area (Å²) in [5.74, 6) is 0.748. The smallest absolute Gasteiger partial charge is 0.294 e. The van der Waals surface area contributed by atoms with Crippen LogP contribution in [0.5, 0.6) is 0 Å². The van der Waals surface area contributed by atoms with E-state index in [1.54, 1.807) is 10.5 Å². The average molecular weight is 445 g/mol. The van der Waals surface area contributed by atoms with Crippen LogP contribution in [0.15, 0.2) is 47.3 Å². The van der Waals surface area contributed by atoms with Gasteiger partial charge in [0.1, 0.15) is 5.82 Å². The Morgan fingerprint density at radius 2 is 1.88 bits per heavy atom. The lowest BCUT2D eigenvalue weighted by molar-refractivity contribution is 0.0628. The summed E-state index contributed by atoms with van der Waals surface area (Å²) in [5.41, 5.74) is 4.56. The highest BCUT2D eigenvalue weighted by Gasteiger charge is 2.23. The molecule has 170 valence electrons. The molecule has 4 aromatic rings. The van der Waals surface area contributed by atoms with Crippen molar-refractivity contribution in [2.24, 2.45) is 0 Å². The molecule has 3 heterocycles. The van der Waals surface area contributed by atoms with Crippen LogP contribution in [-0.2, 0) is 13.0 Å². The fraction of sp³-hybridized carbons (Fsp3) is 0.360. The maximum absolute atomic E-state index is 13.2. The van der Waals surface area contributed by atoms with Crippen molar-refractivity contribution in [2.75, 3.05) is 26.2 Å². The molecule has 8 nitrogen and oxygen atoms in total. The number of hydrogen-bond donors (Lipinski definition) is 1. The molecule has 0 spiro atoms. The second-order valence-electron chi connectivity index (χ2n) is 8.77. The van der Waals surface area contributed by atoms with Crippen molar-refractivity contribution in [3.63, 3.8) is 0 Å². The molecule has 2 aromatic carbocycles. The minimum Gasteiger partial charge on any atom is -0.336 e. The van der Waals surface area contributed by atoms with Crippen LogP contribution >= 0.6 is 0 Å². The van der Waals surface area contributed by atoms with Crippen molar-refractivity contribution in [2.45, 2.75) is 33.2 Å². The van der Waals surface area contributed by atoms with E-state index in [4.69, 9.17) is 0 Å². The Bertz CT molecular complexity index is 1380. The van der Waals surface area contributed by atoms with Gasteiger partial charge in [-0.25, -0.2) is 0 Å². The van der Waals surface area contributed by atoms with E-state index < -0.39 is 0 Å². The number of amides is 1. The maximum Gasteiger partial charge on any atom is 0.294 e. The largest absolute Gasteiger partial charge is 0.336 e. The van der Waals surface area contributed by atoms with Crippen LogP contribution < -0.4 is 5.56 Å². The van der Waals surface area contributed by atoms with Gasteiger partial charge in [0, 0.05) is 44.7 Å². The highest BCUT2D eigenvalue weighted by Crippen LogP contribution is 2.18. The second kappa shape index (κ2) is 8.78. The Kier molecular flexibility index (Phi) is 5.68. The fourth-order valence-electron chi connectivity index (χ4n) is 4.61. The van der Waals surface area contributed by atoms with Crippen LogP contribution in [0.3, 0.4) is 0 Å². The summed E-state index contributed by atoms with van der Waals surface area (Å²) in [5, 5.41) is 8.23. The summed E-state index contributed by atoms with van der Waals surface area (Å²) in [7, 11) is 0. The van der Waals surface area contributed by atoms with Gasteiger partial charge in [-0.15, -0.1) is 10.2 Å². The number of aromatic amines is 1. The Morgan fingerprint density at radius 1 is 1.06 bits per heavy atom. The summed E-state index contributed by atoms with van der Waals surface area (Å²) in [6.45, 7) is 8.12. The third-order valence-corrected chi connectivity index (χ3v) is 6.29. The molecule has 1 aliphatic heterocycles. The summed E-state index contributed by atoms with van der Waals surface area (Å²) < 4.78 is 1.80. The average Bonchev–Trinajstić information content (AvgIpc) is 3.24. The molecule has 1 aliphatic rings. The van der Waals surface area contributed by atoms with Gasteiger partial charge >= 0.3 is 0 Å². The zero-order chi connectivity index (χ0) is 22.9. The quantitative estimate of drug-likeness (QED) is 0.512. The van der Waals surface area contributed by atoms with Crippen LogP contribution in [-0.4, -0.2) is 61.5 Å². The van der Waals surface area contributed by atoms with Crippen molar-refractivity contribution >= 4 is 22.6 Å². The molecular weight excluding hydrogens is 416 g/mol. The molecule has 1 saturated heterocycles. The Morgan fingerprint density at radius 3 is 2.64 bits per heavy atom. The molecule has 0 aliphatic carbocycles. The van der Waals surface area contributed by atoms with E-state index in [9.17, 15) is 9.59 Å². The van der Waals surface area contributed by atoms with Gasteiger partial charge in [-0.2, -0.15) is 0 Å². The first kappa shape index (κ1) is 21.3. The van der Waals surface area contributed by atoms with Crippen LogP contribution in [0.1, 0.15) is 40.7 Å². The lowest BCUT2D eigenvalue weighted by atomic mass is 10.1. The number of carbonyl (C=O) groups excluding carboxylic acids is 1. The van der Waals surface area contributed by atoms with Gasteiger partial charge in [0.25, 0.3) is 11.5 Å². The monoisotopic (exact) mass is 444 g/mol. The normalized spacial score (nSPS) is 14.9. The first-order chi connectivity index (χ1) is 16.0. The molecule has 1 N–H and O–H groups in total. The molecule has 0 bridgehead atoms. The van der Waals surface area contributed by atoms with E-state index in [0.717, 1.165) is 43.8 Å². The van der Waals surface area contributed by atoms with Gasteiger partial charge in [-0.1, -0.05) is 36.8 Å². The zero-order valence-corrected chi connectivity index (χ0v) is 19.0. The second-order valence-corrected chi connectivity index (χ2v) is 8.77. The number of nitrogens with zero attached hydrogens (tertiary/aromatic N) is 5. The van der Waals surface area contributed by atoms with Crippen molar-refractivity contribution < 1.29 is 4.79 Å². The van der Waals surface area contributed by atoms with E-state index in [1.165, 1.54) is 11.1 Å². The topological polar surface area (TPSA) is 86.6 Å². The summed E-state index contributed by atoms with van der Waals surface area (Å²) in [6.07, 6.45) is 1.63. The third kappa shape index (κ3) is 4.14. The number of aromatic nitrogens is 4. The summed E-state index contributed by atoms with van der Waals surface area (Å²) >= 11 is 0. The van der Waals surface area contributed by atoms with E-state index in [0.29, 0.717) is 24.2 Å². The molecular formula is C25H28N6O2. The number of nitrogens with one attached hydrogen (secondary N) is 1. The number of H-pyrrole nitrogens is 1. The van der Waals surface area contributed by atoms with Gasteiger partial charge < -0.3 is 9.88 Å². The van der Waals surface area contributed by atoms with E-state index in [2.05, 4.69) is 58.2 Å². The number of piperazine rings is 1. The van der Waals surface area contributed by atoms with E-state index >= 15 is 0 Å². The number of aryl methyl sites for hydroxylation is 2. The van der Waals surface area contributed by atoms with Gasteiger partial charge in [-0.05, 0) is 37.1 Å². The van der Waals surface area contributed by atoms with Crippen molar-refractivity contribution in [1.29, 1.82) is 0 Å². The molecule has 33 heavy (non-hydrogen) atoms. The predicted octanol–water partition coefficient (Wildman–Crippen LogP) is 2.79. The van der Waals surface area contributed by atoms with E-state index in [-0.39, 0.29) is 17.1 Å². The van der Waals surface area contributed by atoms with Crippen LogP contribution in [0.2, 0.25) is 0 Å². The van der Waals surface area contributed by atoms with Crippen molar-refractivity contribution in [3.8, 4) is 0 Å². The van der Waals surface area contributed by atoms with Gasteiger partial charge in [0.05, 0.1) is 11.0 Å². The molecule has 0 atom stereocenters. The molecule has 2 aromatic heterocycles. The number of rotatable bonds is 5. The minimum atomic E-state index is -0.299. The van der Waals surface area contributed by atoms with Gasteiger partial charge in [0.2, 0.25) is 5.65 Å². The van der Waals surface area contributed by atoms with Crippen LogP contribution in [0, 0.1) is 6.92 Å². The number of benzene rings is 2. The molecule has 0 radical (unpaired) electrons. The predicted molar refractivity (Wildman–Crippen MR) is 127 cm³/mol. The standard InChI is InChI=1S/C25H28N6O2/c1-3-5-22-27-28-23-24(32)26-20-15-19(8-9-21(20)31(22)23)25(33)30-12-10-29(11-13-30)16-18-7-4-6-17(2)14-18/h4,6-9,14-15H,3,5,10-13,16H2,1-2H3,(H,26,32). The molecule has 0 saturated carbocycles. The Hall–Kier alpha value is -3.52. The first-order valence-electron chi connectivity index (χ1n) is 11.5. The highest BCUT2D eigenvalue weighted by molar-refractivity contribution is 5.97. The lowest BCUT2D eigenvalue weighted by Gasteiger charge is -2.35. The summed E-state index contributed by atoms with van der Waals surface area (Å²) in [4.78, 5) is 32.9. The molecule has 8 heteroatoms. The number of hydrogen-bond acceptors (Lipinski definition) is 5. The van der Waals surface area contributed by atoms with Crippen molar-refractivity contribution in [3.05, 3.63) is 75.3 Å². The van der Waals surface area contributed by atoms with E-state index in [1.807, 2.05) is 17.0 Å². The third-order valence-electron chi connectivity index (χ3n) is 6.29. The Labute approximate surface area is 191 Å².